The Balaban J connectivity index is 1.74. The minimum absolute atomic E-state index is 0.159. The Hall–Kier alpha value is -2.97. The van der Waals surface area contributed by atoms with Crippen molar-refractivity contribution in [2.75, 3.05) is 26.7 Å². The van der Waals surface area contributed by atoms with Crippen molar-refractivity contribution in [1.29, 1.82) is 0 Å². The molecule has 1 spiro atoms. The van der Waals surface area contributed by atoms with Crippen LogP contribution in [0.1, 0.15) is 32.0 Å². The van der Waals surface area contributed by atoms with Crippen LogP contribution in [-0.2, 0) is 21.6 Å². The third kappa shape index (κ3) is 3.00. The summed E-state index contributed by atoms with van der Waals surface area (Å²) in [5, 5.41) is 8.80. The van der Waals surface area contributed by atoms with Crippen molar-refractivity contribution in [2.24, 2.45) is 0 Å². The monoisotopic (exact) mass is 384 g/mol. The van der Waals surface area contributed by atoms with E-state index >= 15 is 0 Å². The highest BCUT2D eigenvalue weighted by Crippen LogP contribution is 2.39. The van der Waals surface area contributed by atoms with Crippen molar-refractivity contribution in [1.82, 2.24) is 29.5 Å². The van der Waals surface area contributed by atoms with Crippen LogP contribution in [0.2, 0.25) is 0 Å². The van der Waals surface area contributed by atoms with Crippen LogP contribution in [0.25, 0.3) is 11.4 Å². The van der Waals surface area contributed by atoms with E-state index < -0.39 is 0 Å². The number of aromatic nitrogens is 4. The molecule has 2 aliphatic rings. The molecule has 2 aromatic heterocycles. The van der Waals surface area contributed by atoms with Crippen LogP contribution < -0.4 is 0 Å². The highest BCUT2D eigenvalue weighted by atomic mass is 16.5. The number of nitrogens with zero attached hydrogens (tertiary/aromatic N) is 6. The molecule has 0 aromatic carbocycles. The number of rotatable bonds is 2. The number of piperidine rings is 1. The van der Waals surface area contributed by atoms with E-state index in [1.807, 2.05) is 24.0 Å². The van der Waals surface area contributed by atoms with Crippen molar-refractivity contribution < 1.29 is 14.3 Å². The third-order valence-electron chi connectivity index (χ3n) is 5.72. The van der Waals surface area contributed by atoms with Gasteiger partial charge < -0.3 is 14.2 Å². The number of amides is 2. The number of ether oxygens (including phenoxy) is 1. The molecular weight excluding hydrogens is 360 g/mol. The zero-order valence-corrected chi connectivity index (χ0v) is 16.2. The lowest BCUT2D eigenvalue weighted by Gasteiger charge is -2.48. The average Bonchev–Trinajstić information content (AvgIpc) is 3.19. The minimum Gasteiger partial charge on any atom is -0.453 e. The highest BCUT2D eigenvalue weighted by molar-refractivity contribution is 5.76. The van der Waals surface area contributed by atoms with E-state index in [0.717, 1.165) is 30.1 Å². The SMILES string of the molecule is CCC(=O)N1CCC2(CC1)CN(C(=O)OC)Cc1nnc(-c3cccnc3)n12. The molecule has 4 rings (SSSR count). The largest absolute Gasteiger partial charge is 0.453 e. The van der Waals surface area contributed by atoms with Crippen molar-refractivity contribution in [3.63, 3.8) is 0 Å². The van der Waals surface area contributed by atoms with Gasteiger partial charge in [-0.05, 0) is 25.0 Å². The van der Waals surface area contributed by atoms with E-state index in [-0.39, 0.29) is 17.5 Å². The molecule has 2 amide bonds. The lowest BCUT2D eigenvalue weighted by Crippen LogP contribution is -2.57. The zero-order chi connectivity index (χ0) is 19.7. The number of hydrogen-bond acceptors (Lipinski definition) is 6. The molecule has 9 heteroatoms. The van der Waals surface area contributed by atoms with Gasteiger partial charge in [0.2, 0.25) is 5.91 Å². The van der Waals surface area contributed by atoms with Gasteiger partial charge in [0.1, 0.15) is 0 Å². The van der Waals surface area contributed by atoms with Crippen LogP contribution in [0.5, 0.6) is 0 Å². The van der Waals surface area contributed by atoms with E-state index in [9.17, 15) is 9.59 Å². The molecule has 1 saturated heterocycles. The molecule has 0 saturated carbocycles. The number of fused-ring (bicyclic) bond motifs is 2. The number of methoxy groups -OCH3 is 1. The molecule has 0 aliphatic carbocycles. The fourth-order valence-electron chi connectivity index (χ4n) is 4.29. The number of carbonyl (C=O) groups excluding carboxylic acids is 2. The molecule has 28 heavy (non-hydrogen) atoms. The van der Waals surface area contributed by atoms with Crippen LogP contribution >= 0.6 is 0 Å². The maximum absolute atomic E-state index is 12.3. The first-order valence-corrected chi connectivity index (χ1v) is 9.54. The summed E-state index contributed by atoms with van der Waals surface area (Å²) in [6.07, 6.45) is 5.08. The Bertz CT molecular complexity index is 873. The second-order valence-electron chi connectivity index (χ2n) is 7.30. The molecule has 148 valence electrons. The molecule has 4 heterocycles. The Morgan fingerprint density at radius 2 is 2.00 bits per heavy atom. The third-order valence-corrected chi connectivity index (χ3v) is 5.72. The molecule has 2 aliphatic heterocycles. The van der Waals surface area contributed by atoms with Crippen LogP contribution in [0.15, 0.2) is 24.5 Å². The summed E-state index contributed by atoms with van der Waals surface area (Å²) in [7, 11) is 1.39. The molecule has 0 unspecified atom stereocenters. The first-order valence-electron chi connectivity index (χ1n) is 9.54. The van der Waals surface area contributed by atoms with Crippen LogP contribution in [-0.4, -0.2) is 68.3 Å². The average molecular weight is 384 g/mol. The molecule has 9 nitrogen and oxygen atoms in total. The summed E-state index contributed by atoms with van der Waals surface area (Å²) in [4.78, 5) is 32.2. The van der Waals surface area contributed by atoms with Crippen molar-refractivity contribution in [2.45, 2.75) is 38.3 Å². The van der Waals surface area contributed by atoms with E-state index in [1.165, 1.54) is 7.11 Å². The van der Waals surface area contributed by atoms with Crippen LogP contribution in [0, 0.1) is 0 Å². The molecule has 1 fully saturated rings. The normalized spacial score (nSPS) is 18.1. The fraction of sp³-hybridized carbons (Fsp3) is 0.526. The highest BCUT2D eigenvalue weighted by Gasteiger charge is 2.46. The smallest absolute Gasteiger partial charge is 0.409 e. The van der Waals surface area contributed by atoms with Crippen LogP contribution in [0.4, 0.5) is 4.79 Å². The summed E-state index contributed by atoms with van der Waals surface area (Å²) in [6.45, 7) is 4.02. The predicted molar refractivity (Wildman–Crippen MR) is 100 cm³/mol. The van der Waals surface area contributed by atoms with Crippen molar-refractivity contribution >= 4 is 12.0 Å². The maximum Gasteiger partial charge on any atom is 0.409 e. The van der Waals surface area contributed by atoms with E-state index in [0.29, 0.717) is 32.6 Å². The van der Waals surface area contributed by atoms with Gasteiger partial charge in [0.15, 0.2) is 11.6 Å². The van der Waals surface area contributed by atoms with Gasteiger partial charge in [0, 0.05) is 44.0 Å². The van der Waals surface area contributed by atoms with Gasteiger partial charge in [0.25, 0.3) is 0 Å². The van der Waals surface area contributed by atoms with Gasteiger partial charge >= 0.3 is 6.09 Å². The van der Waals surface area contributed by atoms with Gasteiger partial charge in [-0.2, -0.15) is 0 Å². The van der Waals surface area contributed by atoms with Gasteiger partial charge in [-0.1, -0.05) is 6.92 Å². The van der Waals surface area contributed by atoms with E-state index in [1.54, 1.807) is 17.3 Å². The topological polar surface area (TPSA) is 93.5 Å². The minimum atomic E-state index is -0.374. The first kappa shape index (κ1) is 18.4. The second kappa shape index (κ2) is 7.21. The fourth-order valence-corrected chi connectivity index (χ4v) is 4.29. The van der Waals surface area contributed by atoms with Gasteiger partial charge in [-0.15, -0.1) is 10.2 Å². The molecule has 0 N–H and O–H groups in total. The number of hydrogen-bond donors (Lipinski definition) is 0. The number of pyridine rings is 1. The van der Waals surface area contributed by atoms with Gasteiger partial charge in [-0.25, -0.2) is 4.79 Å². The van der Waals surface area contributed by atoms with Crippen molar-refractivity contribution in [3.05, 3.63) is 30.4 Å². The Labute approximate surface area is 163 Å². The van der Waals surface area contributed by atoms with Gasteiger partial charge in [0.05, 0.1) is 19.2 Å². The van der Waals surface area contributed by atoms with E-state index in [4.69, 9.17) is 4.74 Å². The predicted octanol–water partition coefficient (Wildman–Crippen LogP) is 1.65. The molecule has 0 atom stereocenters. The Morgan fingerprint density at radius 1 is 1.21 bits per heavy atom. The maximum atomic E-state index is 12.3. The number of likely N-dealkylation sites (tertiary alicyclic amines) is 1. The Morgan fingerprint density at radius 3 is 2.64 bits per heavy atom. The number of carbonyl (C=O) groups is 2. The standard InChI is InChI=1S/C19H24N6O3/c1-3-16(26)23-9-6-19(7-10-23)13-24(18(27)28-2)12-15-21-22-17(25(15)19)14-5-4-8-20-11-14/h4-5,8,11H,3,6-7,9-10,12-13H2,1-2H3. The quantitative estimate of drug-likeness (QED) is 0.782. The Kier molecular flexibility index (Phi) is 4.74. The summed E-state index contributed by atoms with van der Waals surface area (Å²) < 4.78 is 7.13. The lowest BCUT2D eigenvalue weighted by molar-refractivity contribution is -0.133. The lowest BCUT2D eigenvalue weighted by atomic mass is 9.84. The zero-order valence-electron chi connectivity index (χ0n) is 16.2. The second-order valence-corrected chi connectivity index (χ2v) is 7.30. The van der Waals surface area contributed by atoms with Crippen LogP contribution in [0.3, 0.4) is 0 Å². The molecule has 0 radical (unpaired) electrons. The van der Waals surface area contributed by atoms with Gasteiger partial charge in [-0.3, -0.25) is 14.7 Å². The first-order chi connectivity index (χ1) is 13.6. The summed E-state index contributed by atoms with van der Waals surface area (Å²) >= 11 is 0. The van der Waals surface area contributed by atoms with Crippen molar-refractivity contribution in [3.8, 4) is 11.4 Å². The van der Waals surface area contributed by atoms with E-state index in [2.05, 4.69) is 19.7 Å². The molecule has 2 aromatic rings. The molecular formula is C19H24N6O3. The summed E-state index contributed by atoms with van der Waals surface area (Å²) in [6, 6.07) is 3.83. The molecule has 0 bridgehead atoms. The summed E-state index contributed by atoms with van der Waals surface area (Å²) in [5.74, 6) is 1.64. The summed E-state index contributed by atoms with van der Waals surface area (Å²) in [5.41, 5.74) is 0.514.